The number of benzene rings is 1. The predicted octanol–water partition coefficient (Wildman–Crippen LogP) is 3.12. The highest BCUT2D eigenvalue weighted by Crippen LogP contribution is 2.21. The quantitative estimate of drug-likeness (QED) is 0.506. The highest BCUT2D eigenvalue weighted by Gasteiger charge is 2.20. The first-order valence-corrected chi connectivity index (χ1v) is 6.39. The first-order valence-electron chi connectivity index (χ1n) is 6.39. The fourth-order valence-electron chi connectivity index (χ4n) is 1.48. The number of carbonyl (C=O) groups excluding carboxylic acids is 1. The van der Waals surface area contributed by atoms with Gasteiger partial charge >= 0.3 is 5.97 Å². The van der Waals surface area contributed by atoms with Crippen LogP contribution in [0, 0.1) is 0 Å². The number of nitrogens with two attached hydrogens (primary N) is 1. The number of esters is 1. The van der Waals surface area contributed by atoms with Gasteiger partial charge in [-0.2, -0.15) is 0 Å². The minimum absolute atomic E-state index is 0.173. The number of carbonyl (C=O) groups is 1. The molecule has 0 fully saturated rings. The molecule has 0 aliphatic heterocycles. The average molecular weight is 264 g/mol. The van der Waals surface area contributed by atoms with Gasteiger partial charge in [-0.25, -0.2) is 10.6 Å². The van der Waals surface area contributed by atoms with E-state index in [-0.39, 0.29) is 11.5 Å². The van der Waals surface area contributed by atoms with Crippen molar-refractivity contribution < 1.29 is 9.53 Å². The molecule has 1 aromatic carbocycles. The van der Waals surface area contributed by atoms with Crippen molar-refractivity contribution in [3.63, 3.8) is 0 Å². The van der Waals surface area contributed by atoms with Gasteiger partial charge in [0.25, 0.3) is 0 Å². The molecule has 0 amide bonds. The second-order valence-electron chi connectivity index (χ2n) is 6.59. The predicted molar refractivity (Wildman–Crippen MR) is 78.0 cm³/mol. The maximum Gasteiger partial charge on any atom is 0.338 e. The molecule has 0 aliphatic rings. The lowest BCUT2D eigenvalue weighted by Crippen LogP contribution is -2.46. The van der Waals surface area contributed by atoms with Gasteiger partial charge in [0, 0.05) is 5.54 Å². The summed E-state index contributed by atoms with van der Waals surface area (Å²) < 4.78 is 5.31. The van der Waals surface area contributed by atoms with Crippen LogP contribution in [-0.2, 0) is 4.74 Å². The standard InChI is InChI=1S/C15H24N2O2/c1-14(2,3)17(16)12-9-7-11(8-10-12)13(18)19-15(4,5)6/h7-10H,16H2,1-6H3. The maximum atomic E-state index is 11.9. The number of rotatable bonds is 2. The van der Waals surface area contributed by atoms with E-state index in [0.29, 0.717) is 5.56 Å². The number of anilines is 1. The second-order valence-corrected chi connectivity index (χ2v) is 6.59. The Morgan fingerprint density at radius 3 is 1.89 bits per heavy atom. The molecular formula is C15H24N2O2. The lowest BCUT2D eigenvalue weighted by molar-refractivity contribution is 0.00696. The molecule has 1 rings (SSSR count). The van der Waals surface area contributed by atoms with E-state index in [4.69, 9.17) is 10.6 Å². The Kier molecular flexibility index (Phi) is 4.25. The van der Waals surface area contributed by atoms with Crippen molar-refractivity contribution in [1.82, 2.24) is 0 Å². The maximum absolute atomic E-state index is 11.9. The molecule has 0 bridgehead atoms. The Balaban J connectivity index is 2.85. The topological polar surface area (TPSA) is 55.6 Å². The second kappa shape index (κ2) is 5.21. The van der Waals surface area contributed by atoms with Crippen molar-refractivity contribution in [3.05, 3.63) is 29.8 Å². The van der Waals surface area contributed by atoms with Crippen LogP contribution in [0.4, 0.5) is 5.69 Å². The molecule has 0 radical (unpaired) electrons. The Hall–Kier alpha value is -1.55. The Morgan fingerprint density at radius 2 is 1.53 bits per heavy atom. The van der Waals surface area contributed by atoms with E-state index in [0.717, 1.165) is 5.69 Å². The molecule has 0 unspecified atom stereocenters. The zero-order valence-electron chi connectivity index (χ0n) is 12.7. The summed E-state index contributed by atoms with van der Waals surface area (Å²) in [5.41, 5.74) is 0.731. The van der Waals surface area contributed by atoms with E-state index in [1.165, 1.54) is 0 Å². The summed E-state index contributed by atoms with van der Waals surface area (Å²) in [6.45, 7) is 11.6. The fraction of sp³-hybridized carbons (Fsp3) is 0.533. The highest BCUT2D eigenvalue weighted by atomic mass is 16.6. The monoisotopic (exact) mass is 264 g/mol. The van der Waals surface area contributed by atoms with Crippen LogP contribution in [0.15, 0.2) is 24.3 Å². The lowest BCUT2D eigenvalue weighted by atomic mass is 10.1. The van der Waals surface area contributed by atoms with Gasteiger partial charge in [-0.05, 0) is 65.8 Å². The van der Waals surface area contributed by atoms with Crippen LogP contribution in [-0.4, -0.2) is 17.1 Å². The van der Waals surface area contributed by atoms with Gasteiger partial charge < -0.3 is 9.75 Å². The number of nitrogens with zero attached hydrogens (tertiary/aromatic N) is 1. The molecule has 0 aliphatic carbocycles. The molecule has 0 heterocycles. The van der Waals surface area contributed by atoms with Crippen molar-refractivity contribution in [2.45, 2.75) is 52.7 Å². The van der Waals surface area contributed by atoms with Crippen LogP contribution < -0.4 is 10.9 Å². The van der Waals surface area contributed by atoms with Gasteiger partial charge in [0.05, 0.1) is 11.3 Å². The largest absolute Gasteiger partial charge is 0.456 e. The van der Waals surface area contributed by atoms with E-state index in [2.05, 4.69) is 0 Å². The summed E-state index contributed by atoms with van der Waals surface area (Å²) in [7, 11) is 0. The van der Waals surface area contributed by atoms with E-state index >= 15 is 0 Å². The van der Waals surface area contributed by atoms with Crippen LogP contribution in [0.3, 0.4) is 0 Å². The molecule has 4 heteroatoms. The molecule has 0 spiro atoms. The van der Waals surface area contributed by atoms with Gasteiger partial charge in [0.15, 0.2) is 0 Å². The Labute approximate surface area is 115 Å². The third-order valence-electron chi connectivity index (χ3n) is 2.50. The van der Waals surface area contributed by atoms with Gasteiger partial charge in [-0.3, -0.25) is 0 Å². The lowest BCUT2D eigenvalue weighted by Gasteiger charge is -2.33. The zero-order valence-corrected chi connectivity index (χ0v) is 12.7. The smallest absolute Gasteiger partial charge is 0.338 e. The SMILES string of the molecule is CC(C)(C)OC(=O)c1ccc(N(N)C(C)(C)C)cc1. The van der Waals surface area contributed by atoms with Crippen molar-refractivity contribution >= 4 is 11.7 Å². The molecule has 19 heavy (non-hydrogen) atoms. The zero-order chi connectivity index (χ0) is 14.8. The van der Waals surface area contributed by atoms with Crippen LogP contribution in [0.2, 0.25) is 0 Å². The normalized spacial score (nSPS) is 12.2. The van der Waals surface area contributed by atoms with Crippen molar-refractivity contribution in [2.75, 3.05) is 5.01 Å². The van der Waals surface area contributed by atoms with E-state index in [1.807, 2.05) is 53.7 Å². The van der Waals surface area contributed by atoms with Crippen LogP contribution in [0.1, 0.15) is 51.9 Å². The molecule has 0 saturated heterocycles. The third kappa shape index (κ3) is 4.56. The molecule has 2 N–H and O–H groups in total. The number of hydrogen-bond donors (Lipinski definition) is 1. The number of hydrazine groups is 1. The minimum Gasteiger partial charge on any atom is -0.456 e. The number of ether oxygens (including phenoxy) is 1. The molecule has 106 valence electrons. The van der Waals surface area contributed by atoms with E-state index < -0.39 is 5.60 Å². The molecular weight excluding hydrogens is 240 g/mol. The summed E-state index contributed by atoms with van der Waals surface area (Å²) >= 11 is 0. The first kappa shape index (κ1) is 15.5. The van der Waals surface area contributed by atoms with Crippen LogP contribution in [0.25, 0.3) is 0 Å². The average Bonchev–Trinajstić information content (AvgIpc) is 2.24. The van der Waals surface area contributed by atoms with Gasteiger partial charge in [0.1, 0.15) is 5.60 Å². The summed E-state index contributed by atoms with van der Waals surface area (Å²) in [6, 6.07) is 7.11. The minimum atomic E-state index is -0.485. The molecule has 1 aromatic rings. The van der Waals surface area contributed by atoms with E-state index in [9.17, 15) is 4.79 Å². The molecule has 0 saturated carbocycles. The molecule has 4 nitrogen and oxygen atoms in total. The van der Waals surface area contributed by atoms with Crippen molar-refractivity contribution in [3.8, 4) is 0 Å². The summed E-state index contributed by atoms with van der Waals surface area (Å²) in [4.78, 5) is 11.9. The van der Waals surface area contributed by atoms with Crippen LogP contribution in [0.5, 0.6) is 0 Å². The van der Waals surface area contributed by atoms with Crippen molar-refractivity contribution in [1.29, 1.82) is 0 Å². The molecule has 0 atom stereocenters. The van der Waals surface area contributed by atoms with Gasteiger partial charge in [-0.1, -0.05) is 0 Å². The van der Waals surface area contributed by atoms with Crippen LogP contribution >= 0.6 is 0 Å². The number of hydrogen-bond acceptors (Lipinski definition) is 4. The first-order chi connectivity index (χ1) is 8.50. The van der Waals surface area contributed by atoms with Gasteiger partial charge in [0.2, 0.25) is 0 Å². The Bertz CT molecular complexity index is 439. The highest BCUT2D eigenvalue weighted by molar-refractivity contribution is 5.90. The van der Waals surface area contributed by atoms with E-state index in [1.54, 1.807) is 17.1 Å². The summed E-state index contributed by atoms with van der Waals surface area (Å²) in [5.74, 6) is 5.70. The third-order valence-corrected chi connectivity index (χ3v) is 2.50. The Morgan fingerprint density at radius 1 is 1.05 bits per heavy atom. The van der Waals surface area contributed by atoms with Gasteiger partial charge in [-0.15, -0.1) is 0 Å². The summed E-state index contributed by atoms with van der Waals surface area (Å²) in [6.07, 6.45) is 0. The van der Waals surface area contributed by atoms with Crippen molar-refractivity contribution in [2.24, 2.45) is 5.84 Å². The molecule has 0 aromatic heterocycles. The fourth-order valence-corrected chi connectivity index (χ4v) is 1.48. The summed E-state index contributed by atoms with van der Waals surface area (Å²) in [5, 5.41) is 1.67.